The molecular formula is C20H31BrNO5PS. The molecule has 29 heavy (non-hydrogen) atoms. The number of hydrogen-bond acceptors (Lipinski definition) is 6. The van der Waals surface area contributed by atoms with Crippen molar-refractivity contribution >= 4 is 34.3 Å². The van der Waals surface area contributed by atoms with E-state index in [2.05, 4.69) is 41.4 Å². The van der Waals surface area contributed by atoms with Gasteiger partial charge >= 0.3 is 0 Å². The Morgan fingerprint density at radius 2 is 1.86 bits per heavy atom. The first-order chi connectivity index (χ1) is 13.6. The molecule has 0 amide bonds. The smallest absolute Gasteiger partial charge is 0.259 e. The zero-order valence-electron chi connectivity index (χ0n) is 17.8. The Hall–Kier alpha value is -0.0800. The number of rotatable bonds is 6. The lowest BCUT2D eigenvalue weighted by Crippen LogP contribution is -2.32. The number of halogens is 1. The molecule has 2 fully saturated rings. The molecule has 2 heterocycles. The molecule has 1 aromatic carbocycles. The van der Waals surface area contributed by atoms with E-state index in [1.54, 1.807) is 24.3 Å². The second kappa shape index (κ2) is 9.19. The molecule has 6 nitrogen and oxygen atoms in total. The third-order valence-electron chi connectivity index (χ3n) is 5.88. The highest BCUT2D eigenvalue weighted by atomic mass is 79.9. The highest BCUT2D eigenvalue weighted by molar-refractivity contribution is 9.10. The van der Waals surface area contributed by atoms with Crippen molar-refractivity contribution in [3.05, 3.63) is 28.7 Å². The van der Waals surface area contributed by atoms with Crippen molar-refractivity contribution in [1.29, 1.82) is 0 Å². The van der Waals surface area contributed by atoms with E-state index in [1.807, 2.05) is 20.9 Å². The number of benzene rings is 1. The summed E-state index contributed by atoms with van der Waals surface area (Å²) in [5, 5.41) is 0. The van der Waals surface area contributed by atoms with Crippen LogP contribution in [0.3, 0.4) is 0 Å². The standard InChI is InChI=1S/C20H31BrNO5PS/c1-7-17-19(27-28-22(6)14(5)18(26-28)12(2)3)13(4)20(25-17)29(23,24)16-10-8-15(21)9-11-16/h8-14,17-20H,7H2,1-6H3/t13-,14?,17+,18?,19?,20-,28?/m0/s1. The predicted octanol–water partition coefficient (Wildman–Crippen LogP) is 4.98. The Balaban J connectivity index is 1.80. The second-order valence-corrected chi connectivity index (χ2v) is 12.7. The summed E-state index contributed by atoms with van der Waals surface area (Å²) in [5.41, 5.74) is -0.931. The molecule has 0 saturated carbocycles. The largest absolute Gasteiger partial charge is 0.356 e. The van der Waals surface area contributed by atoms with Gasteiger partial charge in [-0.2, -0.15) is 0 Å². The van der Waals surface area contributed by atoms with Gasteiger partial charge in [-0.25, -0.2) is 13.1 Å². The van der Waals surface area contributed by atoms with Crippen LogP contribution in [-0.4, -0.2) is 49.9 Å². The molecule has 2 saturated heterocycles. The van der Waals surface area contributed by atoms with Crippen LogP contribution in [0.2, 0.25) is 0 Å². The molecule has 1 aromatic rings. The maximum absolute atomic E-state index is 13.2. The van der Waals surface area contributed by atoms with Gasteiger partial charge < -0.3 is 13.8 Å². The summed E-state index contributed by atoms with van der Waals surface area (Å²) in [7, 11) is -2.87. The van der Waals surface area contributed by atoms with E-state index < -0.39 is 23.8 Å². The third-order valence-corrected chi connectivity index (χ3v) is 10.2. The average Bonchev–Trinajstić information content (AvgIpc) is 3.14. The number of ether oxygens (including phenoxy) is 1. The average molecular weight is 508 g/mol. The number of hydrogen-bond donors (Lipinski definition) is 0. The van der Waals surface area contributed by atoms with Crippen LogP contribution in [-0.2, 0) is 23.6 Å². The van der Waals surface area contributed by atoms with Gasteiger partial charge in [-0.3, -0.25) is 0 Å². The van der Waals surface area contributed by atoms with E-state index in [0.717, 1.165) is 4.47 Å². The molecule has 164 valence electrons. The molecule has 0 radical (unpaired) electrons. The monoisotopic (exact) mass is 507 g/mol. The maximum Gasteiger partial charge on any atom is 0.259 e. The highest BCUT2D eigenvalue weighted by Crippen LogP contribution is 2.55. The lowest BCUT2D eigenvalue weighted by atomic mass is 10.0. The van der Waals surface area contributed by atoms with Crippen LogP contribution in [0.25, 0.3) is 0 Å². The molecule has 2 aliphatic rings. The SMILES string of the molecule is CC[C@H]1O[C@@H](S(=O)(=O)c2ccc(Br)cc2)[C@@H](C)C1OP1OC(C(C)C)C(C)N1C. The molecule has 0 spiro atoms. The van der Waals surface area contributed by atoms with Gasteiger partial charge in [0.2, 0.25) is 9.84 Å². The van der Waals surface area contributed by atoms with Crippen molar-refractivity contribution in [3.63, 3.8) is 0 Å². The molecule has 7 atom stereocenters. The van der Waals surface area contributed by atoms with Crippen LogP contribution in [0.4, 0.5) is 0 Å². The summed E-state index contributed by atoms with van der Waals surface area (Å²) in [5.74, 6) is 0.0785. The molecule has 4 unspecified atom stereocenters. The summed E-state index contributed by atoms with van der Waals surface area (Å²) in [6.45, 7) is 10.3. The van der Waals surface area contributed by atoms with E-state index in [0.29, 0.717) is 12.3 Å². The van der Waals surface area contributed by atoms with Crippen molar-refractivity contribution < 1.29 is 22.2 Å². The number of likely N-dealkylation sites (N-methyl/N-ethyl adjacent to an activating group) is 1. The summed E-state index contributed by atoms with van der Waals surface area (Å²) in [6.07, 6.45) is 0.165. The van der Waals surface area contributed by atoms with Crippen molar-refractivity contribution in [1.82, 2.24) is 4.67 Å². The summed E-state index contributed by atoms with van der Waals surface area (Å²) >= 11 is 3.35. The maximum atomic E-state index is 13.2. The van der Waals surface area contributed by atoms with Crippen LogP contribution in [0.5, 0.6) is 0 Å². The Bertz CT molecular complexity index is 806. The Morgan fingerprint density at radius 1 is 1.24 bits per heavy atom. The highest BCUT2D eigenvalue weighted by Gasteiger charge is 2.51. The molecule has 0 aromatic heterocycles. The topological polar surface area (TPSA) is 65.1 Å². The lowest BCUT2D eigenvalue weighted by Gasteiger charge is -2.27. The van der Waals surface area contributed by atoms with E-state index >= 15 is 0 Å². The minimum atomic E-state index is -3.63. The molecule has 9 heteroatoms. The lowest BCUT2D eigenvalue weighted by molar-refractivity contribution is 0.0350. The van der Waals surface area contributed by atoms with Crippen molar-refractivity contribution in [2.45, 2.75) is 75.7 Å². The fraction of sp³-hybridized carbons (Fsp3) is 0.700. The van der Waals surface area contributed by atoms with Gasteiger partial charge in [0.05, 0.1) is 23.2 Å². The normalized spacial score (nSPS) is 36.2. The molecule has 2 aliphatic heterocycles. The van der Waals surface area contributed by atoms with Crippen LogP contribution in [0.15, 0.2) is 33.6 Å². The first-order valence-electron chi connectivity index (χ1n) is 10.1. The fourth-order valence-electron chi connectivity index (χ4n) is 3.98. The van der Waals surface area contributed by atoms with Crippen LogP contribution in [0, 0.1) is 11.8 Å². The number of nitrogens with zero attached hydrogens (tertiary/aromatic N) is 1. The Morgan fingerprint density at radius 3 is 2.38 bits per heavy atom. The van der Waals surface area contributed by atoms with Gasteiger partial charge in [0.25, 0.3) is 8.53 Å². The fourth-order valence-corrected chi connectivity index (χ4v) is 7.98. The van der Waals surface area contributed by atoms with Gasteiger partial charge in [-0.15, -0.1) is 0 Å². The van der Waals surface area contributed by atoms with E-state index in [4.69, 9.17) is 13.8 Å². The quantitative estimate of drug-likeness (QED) is 0.505. The minimum Gasteiger partial charge on any atom is -0.356 e. The summed E-state index contributed by atoms with van der Waals surface area (Å²) in [6, 6.07) is 6.93. The van der Waals surface area contributed by atoms with Gasteiger partial charge in [0.15, 0.2) is 5.44 Å². The zero-order valence-corrected chi connectivity index (χ0v) is 21.1. The summed E-state index contributed by atoms with van der Waals surface area (Å²) in [4.78, 5) is 0.265. The van der Waals surface area contributed by atoms with E-state index in [-0.39, 0.29) is 35.2 Å². The van der Waals surface area contributed by atoms with E-state index in [1.165, 1.54) is 0 Å². The van der Waals surface area contributed by atoms with Crippen molar-refractivity contribution in [3.8, 4) is 0 Å². The molecule has 0 N–H and O–H groups in total. The van der Waals surface area contributed by atoms with Crippen LogP contribution in [0.1, 0.15) is 41.0 Å². The molecule has 0 aliphatic carbocycles. The summed E-state index contributed by atoms with van der Waals surface area (Å²) < 4.78 is 48.1. The first-order valence-corrected chi connectivity index (χ1v) is 13.6. The zero-order chi connectivity index (χ0) is 21.5. The Labute approximate surface area is 184 Å². The molecule has 3 rings (SSSR count). The van der Waals surface area contributed by atoms with E-state index in [9.17, 15) is 8.42 Å². The molecular weight excluding hydrogens is 477 g/mol. The second-order valence-electron chi connectivity index (χ2n) is 8.25. The van der Waals surface area contributed by atoms with Gasteiger partial charge in [0, 0.05) is 16.4 Å². The van der Waals surface area contributed by atoms with Gasteiger partial charge in [0.1, 0.15) is 0 Å². The first kappa shape index (κ1) is 23.6. The Kier molecular flexibility index (Phi) is 7.47. The van der Waals surface area contributed by atoms with Crippen molar-refractivity contribution in [2.24, 2.45) is 11.8 Å². The molecule has 0 bridgehead atoms. The van der Waals surface area contributed by atoms with Crippen LogP contribution < -0.4 is 0 Å². The van der Waals surface area contributed by atoms with Gasteiger partial charge in [-0.1, -0.05) is 43.6 Å². The van der Waals surface area contributed by atoms with Crippen LogP contribution >= 0.6 is 24.5 Å². The minimum absolute atomic E-state index is 0.103. The van der Waals surface area contributed by atoms with Gasteiger partial charge in [-0.05, 0) is 50.6 Å². The van der Waals surface area contributed by atoms with Crippen molar-refractivity contribution in [2.75, 3.05) is 7.05 Å². The predicted molar refractivity (Wildman–Crippen MR) is 118 cm³/mol. The number of sulfone groups is 1. The third kappa shape index (κ3) is 4.59.